The second-order valence-corrected chi connectivity index (χ2v) is 11.3. The van der Waals surface area contributed by atoms with Crippen molar-refractivity contribution in [2.75, 3.05) is 27.2 Å². The summed E-state index contributed by atoms with van der Waals surface area (Å²) in [5.74, 6) is -0.178. The fraction of sp³-hybridized carbons (Fsp3) is 0.842. The molecule has 33 heavy (non-hydrogen) atoms. The minimum atomic E-state index is -10.7. The van der Waals surface area contributed by atoms with Gasteiger partial charge in [-0.05, 0) is 40.5 Å². The number of likely N-dealkylation sites (tertiary alicyclic amines) is 1. The number of quaternary nitrogens is 1. The molecule has 1 heterocycles. The molecule has 0 aliphatic carbocycles. The van der Waals surface area contributed by atoms with Gasteiger partial charge in [0, 0.05) is 30.8 Å². The van der Waals surface area contributed by atoms with Crippen LogP contribution >= 0.6 is 7.81 Å². The van der Waals surface area contributed by atoms with Crippen LogP contribution < -0.4 is 15.5 Å². The summed E-state index contributed by atoms with van der Waals surface area (Å²) in [6.45, 7) is 9.31. The quantitative estimate of drug-likeness (QED) is 0.263. The van der Waals surface area contributed by atoms with Gasteiger partial charge in [-0.15, -0.1) is 0 Å². The number of rotatable bonds is 8. The number of piperidine rings is 1. The number of methoxy groups -OCH3 is 1. The number of carbonyl (C=O) groups is 3. The molecule has 1 fully saturated rings. The van der Waals surface area contributed by atoms with E-state index in [0.717, 1.165) is 13.0 Å². The Morgan fingerprint density at radius 1 is 1.03 bits per heavy atom. The van der Waals surface area contributed by atoms with Gasteiger partial charge in [-0.2, -0.15) is 0 Å². The number of amides is 2. The van der Waals surface area contributed by atoms with Gasteiger partial charge < -0.3 is 20.3 Å². The van der Waals surface area contributed by atoms with E-state index in [2.05, 4.69) is 17.7 Å². The molecule has 1 aliphatic rings. The average Bonchev–Trinajstić information content (AvgIpc) is 2.57. The van der Waals surface area contributed by atoms with Crippen LogP contribution in [0, 0.1) is 11.3 Å². The molecular weight excluding hydrogens is 479 g/mol. The predicted molar refractivity (Wildman–Crippen MR) is 113 cm³/mol. The molecule has 2 amide bonds. The molecule has 198 valence electrons. The molecule has 0 aromatic rings. The van der Waals surface area contributed by atoms with Crippen molar-refractivity contribution in [1.82, 2.24) is 10.6 Å². The fourth-order valence-electron chi connectivity index (χ4n) is 3.44. The molecule has 0 saturated carbocycles. The van der Waals surface area contributed by atoms with E-state index in [0.29, 0.717) is 12.3 Å². The normalized spacial score (nSPS) is 22.9. The zero-order chi connectivity index (χ0) is 26.3. The fourth-order valence-corrected chi connectivity index (χ4v) is 3.44. The van der Waals surface area contributed by atoms with Crippen LogP contribution in [0.1, 0.15) is 53.4 Å². The molecule has 4 atom stereocenters. The first kappa shape index (κ1) is 31.4. The van der Waals surface area contributed by atoms with Crippen LogP contribution in [0.2, 0.25) is 0 Å². The monoisotopic (exact) mass is 515 g/mol. The van der Waals surface area contributed by atoms with Crippen LogP contribution in [-0.4, -0.2) is 57.1 Å². The number of nitrogens with one attached hydrogen (secondary N) is 3. The van der Waals surface area contributed by atoms with Gasteiger partial charge in [0.25, 0.3) is 0 Å². The third-order valence-corrected chi connectivity index (χ3v) is 5.19. The summed E-state index contributed by atoms with van der Waals surface area (Å²) in [7, 11) is -7.18. The molecule has 14 heteroatoms. The Morgan fingerprint density at radius 2 is 1.48 bits per heavy atom. The Bertz CT molecular complexity index is 692. The maximum atomic E-state index is 12.3. The Hall–Kier alpha value is -1.62. The van der Waals surface area contributed by atoms with Gasteiger partial charge >= 0.3 is 39.0 Å². The van der Waals surface area contributed by atoms with Crippen LogP contribution in [0.5, 0.6) is 0 Å². The van der Waals surface area contributed by atoms with Crippen LogP contribution in [0.25, 0.3) is 0 Å². The van der Waals surface area contributed by atoms with Crippen LogP contribution in [0.3, 0.4) is 0 Å². The molecule has 0 bridgehead atoms. The van der Waals surface area contributed by atoms with Gasteiger partial charge in [0.05, 0.1) is 32.7 Å². The van der Waals surface area contributed by atoms with Gasteiger partial charge in [0.2, 0.25) is 11.8 Å². The average molecular weight is 515 g/mol. The van der Waals surface area contributed by atoms with Crippen molar-refractivity contribution in [3.8, 4) is 0 Å². The van der Waals surface area contributed by atoms with Crippen LogP contribution in [0.15, 0.2) is 0 Å². The topological polar surface area (TPSA) is 88.9 Å². The molecule has 1 rings (SSSR count). The van der Waals surface area contributed by atoms with Crippen molar-refractivity contribution in [2.24, 2.45) is 11.3 Å². The van der Waals surface area contributed by atoms with E-state index < -0.39 is 19.2 Å². The standard InChI is InChI=1S/C19H35N3O4.F6P/c1-13(20-16(23)10-15-8-7-9-22(5)12-15)14(2)21-17(24)11-19(3,4)18(25)26-6;1-7(2,3,4,5)6/h13-15H,7-12H2,1-6H3,(H,20,23)(H,21,24);/q;-1/p+1. The minimum absolute atomic E-state index is 0.0354. The molecule has 4 unspecified atom stereocenters. The summed E-state index contributed by atoms with van der Waals surface area (Å²) in [6, 6.07) is -0.402. The number of halogens is 6. The van der Waals surface area contributed by atoms with E-state index in [-0.39, 0.29) is 30.3 Å². The number of hydrogen-bond acceptors (Lipinski definition) is 4. The third kappa shape index (κ3) is 17.5. The van der Waals surface area contributed by atoms with Gasteiger partial charge in [0.1, 0.15) is 0 Å². The van der Waals surface area contributed by atoms with Gasteiger partial charge in [-0.25, -0.2) is 0 Å². The molecule has 0 spiro atoms. The van der Waals surface area contributed by atoms with Crippen molar-refractivity contribution >= 4 is 25.6 Å². The molecule has 1 saturated heterocycles. The van der Waals surface area contributed by atoms with Crippen LogP contribution in [0.4, 0.5) is 25.2 Å². The number of ether oxygens (including phenoxy) is 1. The van der Waals surface area contributed by atoms with E-state index in [1.807, 2.05) is 13.8 Å². The summed E-state index contributed by atoms with van der Waals surface area (Å²) in [4.78, 5) is 37.6. The number of carbonyl (C=O) groups excluding carboxylic acids is 3. The summed E-state index contributed by atoms with van der Waals surface area (Å²) in [5.41, 5.74) is -0.875. The first-order valence-corrected chi connectivity index (χ1v) is 12.6. The van der Waals surface area contributed by atoms with E-state index >= 15 is 0 Å². The first-order chi connectivity index (χ1) is 14.5. The zero-order valence-electron chi connectivity index (χ0n) is 19.8. The van der Waals surface area contributed by atoms with Crippen molar-refractivity contribution in [1.29, 1.82) is 0 Å². The molecule has 0 aromatic carbocycles. The summed E-state index contributed by atoms with van der Waals surface area (Å²) >= 11 is 0. The van der Waals surface area contributed by atoms with E-state index in [1.54, 1.807) is 13.8 Å². The van der Waals surface area contributed by atoms with Crippen molar-refractivity contribution < 1.29 is 49.2 Å². The molecule has 0 aromatic heterocycles. The van der Waals surface area contributed by atoms with Gasteiger partial charge in [-0.1, -0.05) is 0 Å². The third-order valence-electron chi connectivity index (χ3n) is 5.19. The Kier molecular flexibility index (Phi) is 10.2. The number of esters is 1. The van der Waals surface area contributed by atoms with Crippen molar-refractivity contribution in [2.45, 2.75) is 65.5 Å². The van der Waals surface area contributed by atoms with Crippen molar-refractivity contribution in [3.63, 3.8) is 0 Å². The molecule has 0 radical (unpaired) electrons. The molecule has 7 nitrogen and oxygen atoms in total. The van der Waals surface area contributed by atoms with Crippen LogP contribution in [-0.2, 0) is 19.1 Å². The van der Waals surface area contributed by atoms with Gasteiger partial charge in [0.15, 0.2) is 0 Å². The Morgan fingerprint density at radius 3 is 1.91 bits per heavy atom. The van der Waals surface area contributed by atoms with E-state index in [4.69, 9.17) is 4.74 Å². The maximum absolute atomic E-state index is 12.3. The van der Waals surface area contributed by atoms with E-state index in [9.17, 15) is 39.6 Å². The summed E-state index contributed by atoms with van der Waals surface area (Å²) in [6.07, 6.45) is 2.86. The molecular formula is C19H36F6N3O4P. The molecule has 3 N–H and O–H groups in total. The second kappa shape index (κ2) is 10.8. The zero-order valence-corrected chi connectivity index (χ0v) is 20.7. The number of hydrogen-bond donors (Lipinski definition) is 3. The van der Waals surface area contributed by atoms with Gasteiger partial charge in [-0.3, -0.25) is 14.4 Å². The SMILES string of the molecule is COC(=O)C(C)(C)CC(=O)NC(C)C(C)NC(=O)CC1CCC[NH+](C)C1.F[P-](F)(F)(F)(F)F. The summed E-state index contributed by atoms with van der Waals surface area (Å²) in [5, 5.41) is 5.85. The first-order valence-electron chi connectivity index (χ1n) is 10.5. The predicted octanol–water partition coefficient (Wildman–Crippen LogP) is 3.28. The van der Waals surface area contributed by atoms with Crippen molar-refractivity contribution in [3.05, 3.63) is 0 Å². The Labute approximate surface area is 190 Å². The molecule has 1 aliphatic heterocycles. The van der Waals surface area contributed by atoms with E-state index in [1.165, 1.54) is 25.0 Å². The Balaban J connectivity index is 0.00000126. The second-order valence-electron chi connectivity index (χ2n) is 9.35. The summed E-state index contributed by atoms with van der Waals surface area (Å²) < 4.78 is 63.9.